The van der Waals surface area contributed by atoms with Gasteiger partial charge in [-0.2, -0.15) is 5.10 Å². The van der Waals surface area contributed by atoms with E-state index in [0.717, 1.165) is 31.5 Å². The van der Waals surface area contributed by atoms with E-state index in [-0.39, 0.29) is 0 Å². The van der Waals surface area contributed by atoms with Crippen molar-refractivity contribution in [1.29, 1.82) is 0 Å². The molecule has 2 heterocycles. The van der Waals surface area contributed by atoms with Crippen LogP contribution < -0.4 is 0 Å². The van der Waals surface area contributed by atoms with Crippen molar-refractivity contribution in [3.8, 4) is 11.3 Å². The second-order valence-corrected chi connectivity index (χ2v) is 6.87. The lowest BCUT2D eigenvalue weighted by Crippen LogP contribution is -2.25. The minimum atomic E-state index is 0.369. The molecule has 4 heteroatoms. The third-order valence-corrected chi connectivity index (χ3v) is 5.41. The van der Waals surface area contributed by atoms with Gasteiger partial charge in [0.15, 0.2) is 0 Å². The minimum absolute atomic E-state index is 0.369. The van der Waals surface area contributed by atoms with Crippen LogP contribution in [-0.4, -0.2) is 39.5 Å². The van der Waals surface area contributed by atoms with E-state index in [4.69, 9.17) is 0 Å². The highest BCUT2D eigenvalue weighted by Gasteiger charge is 2.54. The van der Waals surface area contributed by atoms with Gasteiger partial charge in [0.2, 0.25) is 0 Å². The topological polar surface area (TPSA) is 41.3 Å². The Bertz CT molecular complexity index is 681. The highest BCUT2D eigenvalue weighted by molar-refractivity contribution is 5.64. The van der Waals surface area contributed by atoms with Crippen molar-refractivity contribution in [3.63, 3.8) is 0 Å². The molecule has 1 aromatic heterocycles. The Kier molecular flexibility index (Phi) is 3.31. The summed E-state index contributed by atoms with van der Waals surface area (Å²) in [6.45, 7) is 5.77. The van der Waals surface area contributed by atoms with E-state index in [1.807, 2.05) is 17.9 Å². The summed E-state index contributed by atoms with van der Waals surface area (Å²) in [5, 5.41) is 13.6. The van der Waals surface area contributed by atoms with Gasteiger partial charge in [-0.3, -0.25) is 9.58 Å². The summed E-state index contributed by atoms with van der Waals surface area (Å²) in [6, 6.07) is 8.80. The number of hydrogen-bond acceptors (Lipinski definition) is 3. The van der Waals surface area contributed by atoms with Crippen LogP contribution >= 0.6 is 0 Å². The van der Waals surface area contributed by atoms with Crippen LogP contribution in [0.3, 0.4) is 0 Å². The van der Waals surface area contributed by atoms with E-state index >= 15 is 0 Å². The fraction of sp³-hybridized carbons (Fsp3) is 0.500. The second kappa shape index (κ2) is 5.21. The number of aryl methyl sites for hydroxylation is 2. The van der Waals surface area contributed by atoms with E-state index in [2.05, 4.69) is 41.2 Å². The molecule has 1 aromatic carbocycles. The Morgan fingerprint density at radius 1 is 1.23 bits per heavy atom. The molecule has 2 aromatic rings. The van der Waals surface area contributed by atoms with Crippen molar-refractivity contribution < 1.29 is 5.11 Å². The van der Waals surface area contributed by atoms with Crippen molar-refractivity contribution in [2.45, 2.75) is 13.5 Å². The molecule has 0 amide bonds. The van der Waals surface area contributed by atoms with Gasteiger partial charge in [-0.1, -0.05) is 17.7 Å². The Morgan fingerprint density at radius 2 is 2.00 bits per heavy atom. The molecule has 22 heavy (non-hydrogen) atoms. The van der Waals surface area contributed by atoms with Gasteiger partial charge in [-0.15, -0.1) is 0 Å². The van der Waals surface area contributed by atoms with Crippen LogP contribution in [0.2, 0.25) is 0 Å². The van der Waals surface area contributed by atoms with Gasteiger partial charge < -0.3 is 5.11 Å². The first-order valence-electron chi connectivity index (χ1n) is 8.08. The predicted molar refractivity (Wildman–Crippen MR) is 86.2 cm³/mol. The highest BCUT2D eigenvalue weighted by Crippen LogP contribution is 2.51. The first-order chi connectivity index (χ1) is 10.7. The summed E-state index contributed by atoms with van der Waals surface area (Å²) in [4.78, 5) is 2.53. The van der Waals surface area contributed by atoms with Gasteiger partial charge in [0.1, 0.15) is 0 Å². The van der Waals surface area contributed by atoms with Crippen molar-refractivity contribution in [2.24, 2.45) is 24.8 Å². The molecule has 0 spiro atoms. The first-order valence-corrected chi connectivity index (χ1v) is 8.08. The number of nitrogens with zero attached hydrogens (tertiary/aromatic N) is 3. The zero-order valence-electron chi connectivity index (χ0n) is 13.2. The van der Waals surface area contributed by atoms with Crippen molar-refractivity contribution in [1.82, 2.24) is 14.7 Å². The van der Waals surface area contributed by atoms with Gasteiger partial charge in [0, 0.05) is 45.0 Å². The van der Waals surface area contributed by atoms with Gasteiger partial charge >= 0.3 is 0 Å². The molecule has 1 unspecified atom stereocenters. The molecule has 0 radical (unpaired) electrons. The number of likely N-dealkylation sites (tertiary alicyclic amines) is 1. The number of benzene rings is 1. The number of aliphatic hydroxyl groups is 1. The molecule has 4 nitrogen and oxygen atoms in total. The maximum Gasteiger partial charge on any atom is 0.0682 e. The highest BCUT2D eigenvalue weighted by atomic mass is 16.3. The molecule has 2 fully saturated rings. The number of aromatic nitrogens is 2. The molecule has 0 bridgehead atoms. The number of rotatable bonds is 4. The van der Waals surface area contributed by atoms with Crippen molar-refractivity contribution >= 4 is 0 Å². The second-order valence-electron chi connectivity index (χ2n) is 6.87. The van der Waals surface area contributed by atoms with Gasteiger partial charge in [0.05, 0.1) is 5.69 Å². The molecule has 1 saturated carbocycles. The third kappa shape index (κ3) is 2.27. The monoisotopic (exact) mass is 297 g/mol. The molecular weight excluding hydrogens is 274 g/mol. The summed E-state index contributed by atoms with van der Waals surface area (Å²) >= 11 is 0. The lowest BCUT2D eigenvalue weighted by molar-refractivity contribution is 0.217. The number of fused-ring (bicyclic) bond motifs is 1. The Hall–Kier alpha value is -1.65. The van der Waals surface area contributed by atoms with E-state index in [9.17, 15) is 5.11 Å². The van der Waals surface area contributed by atoms with Crippen LogP contribution in [0.15, 0.2) is 30.5 Å². The summed E-state index contributed by atoms with van der Waals surface area (Å²) in [5.74, 6) is 2.04. The zero-order valence-corrected chi connectivity index (χ0v) is 13.2. The molecule has 1 N–H and O–H groups in total. The third-order valence-electron chi connectivity index (χ3n) is 5.41. The molecule has 4 rings (SSSR count). The molecule has 2 aliphatic rings. The molecule has 1 aliphatic carbocycles. The van der Waals surface area contributed by atoms with Crippen LogP contribution in [0.1, 0.15) is 11.1 Å². The Labute approximate surface area is 131 Å². The fourth-order valence-corrected chi connectivity index (χ4v) is 4.08. The molecule has 1 aliphatic heterocycles. The summed E-state index contributed by atoms with van der Waals surface area (Å²) in [6.07, 6.45) is 1.86. The van der Waals surface area contributed by atoms with Crippen molar-refractivity contribution in [3.05, 3.63) is 41.6 Å². The average Bonchev–Trinajstić information content (AvgIpc) is 2.85. The smallest absolute Gasteiger partial charge is 0.0682 e. The molecule has 3 atom stereocenters. The van der Waals surface area contributed by atoms with Crippen LogP contribution in [0, 0.1) is 24.7 Å². The van der Waals surface area contributed by atoms with E-state index in [0.29, 0.717) is 12.5 Å². The molecule has 116 valence electrons. The number of hydrogen-bond donors (Lipinski definition) is 1. The van der Waals surface area contributed by atoms with Gasteiger partial charge in [-0.05, 0) is 42.4 Å². The van der Waals surface area contributed by atoms with Gasteiger partial charge in [0.25, 0.3) is 0 Å². The lowest BCUT2D eigenvalue weighted by atomic mass is 10.0. The average molecular weight is 297 g/mol. The minimum Gasteiger partial charge on any atom is -0.396 e. The lowest BCUT2D eigenvalue weighted by Gasteiger charge is -2.21. The quantitative estimate of drug-likeness (QED) is 0.939. The molecular formula is C18H23N3O. The Morgan fingerprint density at radius 3 is 2.64 bits per heavy atom. The standard InChI is InChI=1S/C18H23N3O/c1-12-3-4-13(14(7-12)18-5-6-19-20(18)2)8-21-9-15-16(10-21)17(15)11-22/h3-7,15-17,22H,8-11H2,1-2H3/t15-,16+,17?. The van der Waals surface area contributed by atoms with Gasteiger partial charge in [-0.25, -0.2) is 0 Å². The summed E-state index contributed by atoms with van der Waals surface area (Å²) < 4.78 is 1.95. The van der Waals surface area contributed by atoms with Crippen LogP contribution in [-0.2, 0) is 13.6 Å². The van der Waals surface area contributed by atoms with E-state index in [1.165, 1.54) is 22.4 Å². The molecule has 1 saturated heterocycles. The van der Waals surface area contributed by atoms with E-state index < -0.39 is 0 Å². The number of aliphatic hydroxyl groups excluding tert-OH is 1. The fourth-order valence-electron chi connectivity index (χ4n) is 4.08. The maximum atomic E-state index is 9.29. The summed E-state index contributed by atoms with van der Waals surface area (Å²) in [7, 11) is 2.00. The SMILES string of the molecule is Cc1ccc(CN2C[C@@H]3C(CO)[C@@H]3C2)c(-c2ccnn2C)c1. The largest absolute Gasteiger partial charge is 0.396 e. The van der Waals surface area contributed by atoms with Crippen molar-refractivity contribution in [2.75, 3.05) is 19.7 Å². The zero-order chi connectivity index (χ0) is 15.3. The van der Waals surface area contributed by atoms with Crippen LogP contribution in [0.4, 0.5) is 0 Å². The normalized spacial score (nSPS) is 27.1. The predicted octanol–water partition coefficient (Wildman–Crippen LogP) is 2.07. The van der Waals surface area contributed by atoms with E-state index in [1.54, 1.807) is 0 Å². The van der Waals surface area contributed by atoms with Crippen LogP contribution in [0.25, 0.3) is 11.3 Å². The first kappa shape index (κ1) is 14.0. The maximum absolute atomic E-state index is 9.29. The van der Waals surface area contributed by atoms with Crippen LogP contribution in [0.5, 0.6) is 0 Å². The number of piperidine rings is 1. The Balaban J connectivity index is 1.57. The summed E-state index contributed by atoms with van der Waals surface area (Å²) in [5.41, 5.74) is 5.12.